The number of rotatable bonds is 6. The van der Waals surface area contributed by atoms with Crippen molar-refractivity contribution in [2.45, 2.75) is 19.4 Å². The summed E-state index contributed by atoms with van der Waals surface area (Å²) in [6, 6.07) is 2.97. The molecule has 8 nitrogen and oxygen atoms in total. The number of halogens is 3. The van der Waals surface area contributed by atoms with E-state index in [0.717, 1.165) is 16.8 Å². The number of nitrogens with zero attached hydrogens (tertiary/aromatic N) is 1. The fourth-order valence-corrected chi connectivity index (χ4v) is 2.72. The van der Waals surface area contributed by atoms with Crippen LogP contribution in [0.4, 0.5) is 19.3 Å². The first-order chi connectivity index (χ1) is 12.7. The van der Waals surface area contributed by atoms with Crippen molar-refractivity contribution in [3.05, 3.63) is 52.3 Å². The minimum Gasteiger partial charge on any atom is -0.465 e. The molecule has 2 rings (SSSR count). The predicted octanol–water partition coefficient (Wildman–Crippen LogP) is 2.90. The molecule has 1 atom stereocenters. The Kier molecular flexibility index (Phi) is 6.50. The molecule has 0 bridgehead atoms. The van der Waals surface area contributed by atoms with Gasteiger partial charge in [0, 0.05) is 18.0 Å². The van der Waals surface area contributed by atoms with Crippen molar-refractivity contribution >= 4 is 39.5 Å². The van der Waals surface area contributed by atoms with Crippen LogP contribution in [-0.2, 0) is 4.79 Å². The van der Waals surface area contributed by atoms with Crippen molar-refractivity contribution in [3.63, 3.8) is 0 Å². The number of nitrogens with one attached hydrogen (secondary N) is 3. The summed E-state index contributed by atoms with van der Waals surface area (Å²) < 4.78 is 27.9. The first-order valence-corrected chi connectivity index (χ1v) is 8.45. The van der Waals surface area contributed by atoms with Gasteiger partial charge in [-0.1, -0.05) is 6.92 Å². The van der Waals surface area contributed by atoms with Gasteiger partial charge in [0.1, 0.15) is 23.4 Å². The molecule has 2 aromatic rings. The number of hydrogen-bond donors (Lipinski definition) is 4. The molecule has 0 spiro atoms. The molecule has 3 amide bonds. The van der Waals surface area contributed by atoms with E-state index in [-0.39, 0.29) is 17.8 Å². The summed E-state index contributed by atoms with van der Waals surface area (Å²) in [7, 11) is 0. The molecule has 1 unspecified atom stereocenters. The average molecular weight is 445 g/mol. The van der Waals surface area contributed by atoms with Crippen LogP contribution in [0.1, 0.15) is 23.8 Å². The molecule has 0 aliphatic rings. The zero-order chi connectivity index (χ0) is 20.1. The van der Waals surface area contributed by atoms with Crippen LogP contribution in [0, 0.1) is 11.6 Å². The standard InChI is InChI=1S/C16H15BrF2N4O4/c1-2-12(21-16(26)27)14(24)22-23-4-3-11(17)13(23)15(25)20-10-6-8(18)5-9(19)7-10/h3-7,12,21H,2H2,1H3,(H,20,25)(H,22,24)(H,26,27). The lowest BCUT2D eigenvalue weighted by molar-refractivity contribution is -0.119. The fourth-order valence-electron chi connectivity index (χ4n) is 2.23. The SMILES string of the molecule is CCC(NC(=O)O)C(=O)Nn1ccc(Br)c1C(=O)Nc1cc(F)cc(F)c1. The third-order valence-corrected chi connectivity index (χ3v) is 4.07. The topological polar surface area (TPSA) is 112 Å². The third kappa shape index (κ3) is 5.26. The second kappa shape index (κ2) is 8.62. The third-order valence-electron chi connectivity index (χ3n) is 3.43. The smallest absolute Gasteiger partial charge is 0.405 e. The summed E-state index contributed by atoms with van der Waals surface area (Å²) in [5, 5.41) is 13.1. The molecule has 0 saturated heterocycles. The zero-order valence-corrected chi connectivity index (χ0v) is 15.5. The van der Waals surface area contributed by atoms with Crippen LogP contribution >= 0.6 is 15.9 Å². The van der Waals surface area contributed by atoms with Gasteiger partial charge in [-0.15, -0.1) is 0 Å². The van der Waals surface area contributed by atoms with Gasteiger partial charge in [-0.25, -0.2) is 13.6 Å². The second-order valence-corrected chi connectivity index (χ2v) is 6.24. The van der Waals surface area contributed by atoms with Crippen molar-refractivity contribution in [2.24, 2.45) is 0 Å². The Morgan fingerprint density at radius 2 is 1.85 bits per heavy atom. The number of carbonyl (C=O) groups is 3. The van der Waals surface area contributed by atoms with E-state index in [9.17, 15) is 23.2 Å². The van der Waals surface area contributed by atoms with Crippen LogP contribution in [-0.4, -0.2) is 33.7 Å². The summed E-state index contributed by atoms with van der Waals surface area (Å²) in [6.07, 6.45) is 0.179. The van der Waals surface area contributed by atoms with Crippen molar-refractivity contribution in [3.8, 4) is 0 Å². The zero-order valence-electron chi connectivity index (χ0n) is 13.9. The van der Waals surface area contributed by atoms with Gasteiger partial charge in [-0.2, -0.15) is 0 Å². The number of hydrogen-bond acceptors (Lipinski definition) is 3. The Morgan fingerprint density at radius 1 is 1.22 bits per heavy atom. The first kappa shape index (κ1) is 20.4. The molecule has 27 heavy (non-hydrogen) atoms. The van der Waals surface area contributed by atoms with E-state index >= 15 is 0 Å². The molecule has 4 N–H and O–H groups in total. The quantitative estimate of drug-likeness (QED) is 0.548. The number of aromatic nitrogens is 1. The summed E-state index contributed by atoms with van der Waals surface area (Å²) in [5.74, 6) is -3.16. The van der Waals surface area contributed by atoms with Gasteiger partial charge in [0.2, 0.25) is 0 Å². The Balaban J connectivity index is 2.21. The van der Waals surface area contributed by atoms with Gasteiger partial charge in [0.15, 0.2) is 0 Å². The van der Waals surface area contributed by atoms with E-state index in [1.54, 1.807) is 6.92 Å². The van der Waals surface area contributed by atoms with Crippen LogP contribution < -0.4 is 16.1 Å². The fraction of sp³-hybridized carbons (Fsp3) is 0.188. The van der Waals surface area contributed by atoms with Crippen LogP contribution in [0.3, 0.4) is 0 Å². The largest absolute Gasteiger partial charge is 0.465 e. The lowest BCUT2D eigenvalue weighted by Crippen LogP contribution is -2.45. The molecule has 0 saturated carbocycles. The van der Waals surface area contributed by atoms with E-state index in [0.29, 0.717) is 10.5 Å². The monoisotopic (exact) mass is 444 g/mol. The second-order valence-electron chi connectivity index (χ2n) is 5.38. The van der Waals surface area contributed by atoms with Crippen molar-refractivity contribution in [1.29, 1.82) is 0 Å². The summed E-state index contributed by atoms with van der Waals surface area (Å²) >= 11 is 3.15. The molecule has 1 aromatic heterocycles. The lowest BCUT2D eigenvalue weighted by atomic mass is 10.2. The van der Waals surface area contributed by atoms with Crippen molar-refractivity contribution in [1.82, 2.24) is 9.99 Å². The normalized spacial score (nSPS) is 11.6. The number of carboxylic acid groups (broad SMARTS) is 1. The van der Waals surface area contributed by atoms with E-state index in [4.69, 9.17) is 5.11 Å². The highest BCUT2D eigenvalue weighted by Gasteiger charge is 2.22. The van der Waals surface area contributed by atoms with Crippen molar-refractivity contribution in [2.75, 3.05) is 10.7 Å². The maximum Gasteiger partial charge on any atom is 0.405 e. The number of carbonyl (C=O) groups excluding carboxylic acids is 2. The molecule has 144 valence electrons. The van der Waals surface area contributed by atoms with E-state index in [2.05, 4.69) is 32.0 Å². The van der Waals surface area contributed by atoms with Gasteiger partial charge in [0.25, 0.3) is 11.8 Å². The molecule has 0 fully saturated rings. The lowest BCUT2D eigenvalue weighted by Gasteiger charge is -2.17. The highest BCUT2D eigenvalue weighted by molar-refractivity contribution is 9.10. The minimum absolute atomic E-state index is 0.0572. The van der Waals surface area contributed by atoms with Gasteiger partial charge in [0.05, 0.1) is 4.47 Å². The molecule has 0 aliphatic carbocycles. The number of anilines is 1. The number of benzene rings is 1. The molecule has 11 heteroatoms. The minimum atomic E-state index is -1.36. The first-order valence-electron chi connectivity index (χ1n) is 7.66. The molecule has 0 aliphatic heterocycles. The summed E-state index contributed by atoms with van der Waals surface area (Å²) in [6.45, 7) is 1.61. The maximum absolute atomic E-state index is 13.3. The highest BCUT2D eigenvalue weighted by Crippen LogP contribution is 2.20. The maximum atomic E-state index is 13.3. The molecule has 0 radical (unpaired) electrons. The van der Waals surface area contributed by atoms with Gasteiger partial charge in [-0.05, 0) is 40.5 Å². The van der Waals surface area contributed by atoms with E-state index in [1.807, 2.05) is 0 Å². The average Bonchev–Trinajstić information content (AvgIpc) is 2.91. The Labute approximate surface area is 160 Å². The molecule has 1 heterocycles. The molecular formula is C16H15BrF2N4O4. The van der Waals surface area contributed by atoms with Crippen LogP contribution in [0.5, 0.6) is 0 Å². The van der Waals surface area contributed by atoms with Crippen molar-refractivity contribution < 1.29 is 28.3 Å². The summed E-state index contributed by atoms with van der Waals surface area (Å²) in [5.41, 5.74) is 2.22. The van der Waals surface area contributed by atoms with Crippen LogP contribution in [0.15, 0.2) is 34.9 Å². The van der Waals surface area contributed by atoms with Gasteiger partial charge in [-0.3, -0.25) is 19.7 Å². The summed E-state index contributed by atoms with van der Waals surface area (Å²) in [4.78, 5) is 35.4. The predicted molar refractivity (Wildman–Crippen MR) is 96.1 cm³/mol. The van der Waals surface area contributed by atoms with E-state index in [1.165, 1.54) is 12.3 Å². The molecular weight excluding hydrogens is 430 g/mol. The Hall–Kier alpha value is -2.95. The van der Waals surface area contributed by atoms with E-state index < -0.39 is 35.6 Å². The molecule has 1 aromatic carbocycles. The van der Waals surface area contributed by atoms with Gasteiger partial charge >= 0.3 is 6.09 Å². The van der Waals surface area contributed by atoms with Crippen LogP contribution in [0.25, 0.3) is 0 Å². The Bertz CT molecular complexity index is 867. The van der Waals surface area contributed by atoms with Crippen LogP contribution in [0.2, 0.25) is 0 Å². The Morgan fingerprint density at radius 3 is 2.41 bits per heavy atom. The number of amides is 3. The van der Waals surface area contributed by atoms with Gasteiger partial charge < -0.3 is 15.7 Å². The highest BCUT2D eigenvalue weighted by atomic mass is 79.9.